The smallest absolute Gasteiger partial charge is 0.0679 e. The Morgan fingerprint density at radius 1 is 1.31 bits per heavy atom. The molecule has 0 aliphatic heterocycles. The van der Waals surface area contributed by atoms with Crippen LogP contribution in [0.25, 0.3) is 0 Å². The van der Waals surface area contributed by atoms with Crippen molar-refractivity contribution in [1.29, 1.82) is 0 Å². The van der Waals surface area contributed by atoms with E-state index < -0.39 is 0 Å². The molecule has 0 saturated heterocycles. The fourth-order valence-electron chi connectivity index (χ4n) is 2.83. The summed E-state index contributed by atoms with van der Waals surface area (Å²) in [5.41, 5.74) is 2.63. The monoisotopic (exact) mass is 220 g/mol. The molecule has 1 aromatic heterocycles. The first-order valence-corrected chi connectivity index (χ1v) is 6.70. The molecule has 2 heteroatoms. The van der Waals surface area contributed by atoms with Crippen molar-refractivity contribution < 1.29 is 0 Å². The van der Waals surface area contributed by atoms with Gasteiger partial charge in [0.15, 0.2) is 0 Å². The van der Waals surface area contributed by atoms with Crippen LogP contribution in [0.4, 0.5) is 0 Å². The molecule has 0 atom stereocenters. The molecule has 0 radical (unpaired) electrons. The normalized spacial score (nSPS) is 18.2. The molecular weight excluding hydrogens is 196 g/mol. The number of aryl methyl sites for hydroxylation is 1. The molecule has 1 aliphatic carbocycles. The van der Waals surface area contributed by atoms with Crippen molar-refractivity contribution in [2.45, 2.75) is 65.3 Å². The molecule has 0 unspecified atom stereocenters. The van der Waals surface area contributed by atoms with Crippen molar-refractivity contribution in [2.24, 2.45) is 5.92 Å². The van der Waals surface area contributed by atoms with Crippen molar-refractivity contribution in [3.05, 3.63) is 17.5 Å². The van der Waals surface area contributed by atoms with Crippen LogP contribution >= 0.6 is 0 Å². The lowest BCUT2D eigenvalue weighted by atomic mass is 9.89. The van der Waals surface area contributed by atoms with Crippen LogP contribution in [0.5, 0.6) is 0 Å². The van der Waals surface area contributed by atoms with Crippen LogP contribution in [-0.2, 0) is 6.54 Å². The summed E-state index contributed by atoms with van der Waals surface area (Å²) >= 11 is 0. The summed E-state index contributed by atoms with van der Waals surface area (Å²) in [5.74, 6) is 1.42. The van der Waals surface area contributed by atoms with E-state index in [9.17, 15) is 0 Å². The number of hydrogen-bond donors (Lipinski definition) is 0. The SMILES string of the molecule is Cc1cn(CC2CCCCC2)nc1C(C)C. The zero-order chi connectivity index (χ0) is 11.5. The van der Waals surface area contributed by atoms with Gasteiger partial charge in [0, 0.05) is 12.7 Å². The Kier molecular flexibility index (Phi) is 3.67. The molecule has 1 aliphatic rings. The van der Waals surface area contributed by atoms with Crippen molar-refractivity contribution >= 4 is 0 Å². The maximum atomic E-state index is 4.72. The van der Waals surface area contributed by atoms with E-state index >= 15 is 0 Å². The van der Waals surface area contributed by atoms with E-state index in [-0.39, 0.29) is 0 Å². The Balaban J connectivity index is 2.01. The molecule has 90 valence electrons. The lowest BCUT2D eigenvalue weighted by molar-refractivity contribution is 0.307. The van der Waals surface area contributed by atoms with E-state index in [0.29, 0.717) is 5.92 Å². The minimum atomic E-state index is 0.549. The highest BCUT2D eigenvalue weighted by atomic mass is 15.3. The van der Waals surface area contributed by atoms with Gasteiger partial charge in [0.25, 0.3) is 0 Å². The highest BCUT2D eigenvalue weighted by molar-refractivity contribution is 5.17. The second kappa shape index (κ2) is 5.03. The average molecular weight is 220 g/mol. The second-order valence-corrected chi connectivity index (χ2v) is 5.58. The van der Waals surface area contributed by atoms with Crippen LogP contribution in [0.2, 0.25) is 0 Å². The molecule has 2 rings (SSSR count). The third kappa shape index (κ3) is 2.66. The topological polar surface area (TPSA) is 17.8 Å². The summed E-state index contributed by atoms with van der Waals surface area (Å²) in [6.45, 7) is 7.76. The Morgan fingerprint density at radius 2 is 2.00 bits per heavy atom. The van der Waals surface area contributed by atoms with E-state index in [0.717, 1.165) is 12.5 Å². The lowest BCUT2D eigenvalue weighted by Gasteiger charge is -2.21. The van der Waals surface area contributed by atoms with Gasteiger partial charge in [-0.1, -0.05) is 33.1 Å². The van der Waals surface area contributed by atoms with Crippen molar-refractivity contribution in [3.63, 3.8) is 0 Å². The van der Waals surface area contributed by atoms with Crippen molar-refractivity contribution in [2.75, 3.05) is 0 Å². The molecule has 0 N–H and O–H groups in total. The first-order chi connectivity index (χ1) is 7.66. The minimum absolute atomic E-state index is 0.549. The van der Waals surface area contributed by atoms with Gasteiger partial charge in [0.2, 0.25) is 0 Å². The quantitative estimate of drug-likeness (QED) is 0.755. The largest absolute Gasteiger partial charge is 0.272 e. The Hall–Kier alpha value is -0.790. The highest BCUT2D eigenvalue weighted by Crippen LogP contribution is 2.25. The third-order valence-electron chi connectivity index (χ3n) is 3.70. The summed E-state index contributed by atoms with van der Waals surface area (Å²) in [5, 5.41) is 4.72. The molecule has 2 nitrogen and oxygen atoms in total. The van der Waals surface area contributed by atoms with Gasteiger partial charge >= 0.3 is 0 Å². The van der Waals surface area contributed by atoms with E-state index in [2.05, 4.69) is 31.6 Å². The predicted molar refractivity (Wildman–Crippen MR) is 67.6 cm³/mol. The van der Waals surface area contributed by atoms with Gasteiger partial charge in [-0.15, -0.1) is 0 Å². The molecule has 0 aromatic carbocycles. The van der Waals surface area contributed by atoms with Crippen LogP contribution in [0, 0.1) is 12.8 Å². The van der Waals surface area contributed by atoms with E-state index in [1.165, 1.54) is 43.4 Å². The van der Waals surface area contributed by atoms with Crippen LogP contribution in [0.1, 0.15) is 63.1 Å². The number of aromatic nitrogens is 2. The van der Waals surface area contributed by atoms with Crippen LogP contribution in [0.15, 0.2) is 6.20 Å². The van der Waals surface area contributed by atoms with Gasteiger partial charge in [0.05, 0.1) is 5.69 Å². The van der Waals surface area contributed by atoms with Gasteiger partial charge in [0.1, 0.15) is 0 Å². The first kappa shape index (κ1) is 11.7. The molecule has 0 amide bonds. The Morgan fingerprint density at radius 3 is 2.56 bits per heavy atom. The highest BCUT2D eigenvalue weighted by Gasteiger charge is 2.15. The summed E-state index contributed by atoms with van der Waals surface area (Å²) in [7, 11) is 0. The number of hydrogen-bond acceptors (Lipinski definition) is 1. The zero-order valence-electron chi connectivity index (χ0n) is 10.9. The van der Waals surface area contributed by atoms with E-state index in [4.69, 9.17) is 5.10 Å². The van der Waals surface area contributed by atoms with Crippen LogP contribution < -0.4 is 0 Å². The van der Waals surface area contributed by atoms with Gasteiger partial charge < -0.3 is 0 Å². The summed E-state index contributed by atoms with van der Waals surface area (Å²) in [6, 6.07) is 0. The summed E-state index contributed by atoms with van der Waals surface area (Å²) in [6.07, 6.45) is 9.30. The lowest BCUT2D eigenvalue weighted by Crippen LogP contribution is -2.14. The van der Waals surface area contributed by atoms with Gasteiger partial charge in [-0.2, -0.15) is 5.10 Å². The number of nitrogens with zero attached hydrogens (tertiary/aromatic N) is 2. The molecule has 1 fully saturated rings. The number of rotatable bonds is 3. The van der Waals surface area contributed by atoms with Gasteiger partial charge in [-0.3, -0.25) is 4.68 Å². The Bertz CT molecular complexity index is 333. The molecule has 1 heterocycles. The predicted octanol–water partition coefficient (Wildman–Crippen LogP) is 3.90. The molecule has 1 saturated carbocycles. The van der Waals surface area contributed by atoms with E-state index in [1.54, 1.807) is 0 Å². The fourth-order valence-corrected chi connectivity index (χ4v) is 2.83. The van der Waals surface area contributed by atoms with Gasteiger partial charge in [-0.05, 0) is 37.2 Å². The summed E-state index contributed by atoms with van der Waals surface area (Å²) in [4.78, 5) is 0. The van der Waals surface area contributed by atoms with Crippen LogP contribution in [-0.4, -0.2) is 9.78 Å². The molecular formula is C14H24N2. The first-order valence-electron chi connectivity index (χ1n) is 6.70. The van der Waals surface area contributed by atoms with Crippen LogP contribution in [0.3, 0.4) is 0 Å². The zero-order valence-corrected chi connectivity index (χ0v) is 10.9. The maximum Gasteiger partial charge on any atom is 0.0679 e. The van der Waals surface area contributed by atoms with Gasteiger partial charge in [-0.25, -0.2) is 0 Å². The summed E-state index contributed by atoms with van der Waals surface area (Å²) < 4.78 is 2.18. The molecule has 0 bridgehead atoms. The fraction of sp³-hybridized carbons (Fsp3) is 0.786. The van der Waals surface area contributed by atoms with Crippen molar-refractivity contribution in [3.8, 4) is 0 Å². The standard InChI is InChI=1S/C14H24N2/c1-11(2)14-12(3)9-16(15-14)10-13-7-5-4-6-8-13/h9,11,13H,4-8,10H2,1-3H3. The van der Waals surface area contributed by atoms with Crippen molar-refractivity contribution in [1.82, 2.24) is 9.78 Å². The third-order valence-corrected chi connectivity index (χ3v) is 3.70. The molecule has 16 heavy (non-hydrogen) atoms. The second-order valence-electron chi connectivity index (χ2n) is 5.58. The Labute approximate surface area is 99.0 Å². The molecule has 0 spiro atoms. The van der Waals surface area contributed by atoms with E-state index in [1.807, 2.05) is 0 Å². The molecule has 1 aromatic rings. The average Bonchev–Trinajstić information content (AvgIpc) is 2.61. The minimum Gasteiger partial charge on any atom is -0.272 e. The maximum absolute atomic E-state index is 4.72.